The number of alkyl halides is 3. The SMILES string of the molecule is Cc1c(-c2ccc(C(=O)N3CCN(C(=O)C4(O)CC4)CC3)cc2)cccc1C(F)(F)F. The van der Waals surface area contributed by atoms with Gasteiger partial charge in [0.2, 0.25) is 0 Å². The van der Waals surface area contributed by atoms with Crippen molar-refractivity contribution in [3.05, 3.63) is 59.2 Å². The first-order chi connectivity index (χ1) is 14.6. The molecule has 2 aliphatic rings. The summed E-state index contributed by atoms with van der Waals surface area (Å²) < 4.78 is 39.5. The zero-order chi connectivity index (χ0) is 22.4. The summed E-state index contributed by atoms with van der Waals surface area (Å²) in [6, 6.07) is 10.6. The highest BCUT2D eigenvalue weighted by atomic mass is 19.4. The van der Waals surface area contributed by atoms with E-state index < -0.39 is 17.3 Å². The number of carbonyl (C=O) groups excluding carboxylic acids is 2. The van der Waals surface area contributed by atoms with Crippen LogP contribution in [0.25, 0.3) is 11.1 Å². The molecule has 0 aromatic heterocycles. The second-order valence-corrected chi connectivity index (χ2v) is 8.17. The summed E-state index contributed by atoms with van der Waals surface area (Å²) in [5.41, 5.74) is -0.217. The van der Waals surface area contributed by atoms with Gasteiger partial charge >= 0.3 is 6.18 Å². The van der Waals surface area contributed by atoms with E-state index in [0.717, 1.165) is 6.07 Å². The number of hydrogen-bond acceptors (Lipinski definition) is 3. The number of hydrogen-bond donors (Lipinski definition) is 1. The minimum Gasteiger partial charge on any atom is -0.380 e. The third-order valence-electron chi connectivity index (χ3n) is 6.06. The first kappa shape index (κ1) is 21.4. The molecule has 31 heavy (non-hydrogen) atoms. The van der Waals surface area contributed by atoms with Gasteiger partial charge in [0.15, 0.2) is 0 Å². The fourth-order valence-electron chi connectivity index (χ4n) is 3.97. The molecule has 1 saturated carbocycles. The zero-order valence-corrected chi connectivity index (χ0v) is 17.1. The van der Waals surface area contributed by atoms with E-state index in [2.05, 4.69) is 0 Å². The average molecular weight is 432 g/mol. The summed E-state index contributed by atoms with van der Waals surface area (Å²) in [6.07, 6.45) is -3.44. The highest BCUT2D eigenvalue weighted by Gasteiger charge is 2.50. The Morgan fingerprint density at radius 3 is 2.06 bits per heavy atom. The van der Waals surface area contributed by atoms with Gasteiger partial charge in [0.25, 0.3) is 11.8 Å². The number of nitrogens with zero attached hydrogens (tertiary/aromatic N) is 2. The van der Waals surface area contributed by atoms with Crippen molar-refractivity contribution in [2.45, 2.75) is 31.5 Å². The maximum Gasteiger partial charge on any atom is 0.416 e. The summed E-state index contributed by atoms with van der Waals surface area (Å²) in [5.74, 6) is -0.454. The van der Waals surface area contributed by atoms with Gasteiger partial charge in [-0.2, -0.15) is 13.2 Å². The van der Waals surface area contributed by atoms with Gasteiger partial charge in [0.05, 0.1) is 5.56 Å². The topological polar surface area (TPSA) is 60.9 Å². The molecule has 1 heterocycles. The van der Waals surface area contributed by atoms with E-state index in [9.17, 15) is 27.9 Å². The van der Waals surface area contributed by atoms with Crippen molar-refractivity contribution >= 4 is 11.8 Å². The van der Waals surface area contributed by atoms with Gasteiger partial charge in [-0.3, -0.25) is 9.59 Å². The largest absolute Gasteiger partial charge is 0.416 e. The molecule has 2 aromatic carbocycles. The van der Waals surface area contributed by atoms with Crippen molar-refractivity contribution in [3.63, 3.8) is 0 Å². The predicted molar refractivity (Wildman–Crippen MR) is 108 cm³/mol. The highest BCUT2D eigenvalue weighted by Crippen LogP contribution is 2.37. The summed E-state index contributed by atoms with van der Waals surface area (Å²) in [7, 11) is 0. The Hall–Kier alpha value is -2.87. The Balaban J connectivity index is 1.44. The standard InChI is InChI=1S/C23H23F3N2O3/c1-15-18(3-2-4-19(15)23(24,25)26)16-5-7-17(8-6-16)20(29)27-11-13-28(14-12-27)21(30)22(31)9-10-22/h2-8,31H,9-14H2,1H3. The molecule has 0 unspecified atom stereocenters. The van der Waals surface area contributed by atoms with Gasteiger partial charge in [-0.15, -0.1) is 0 Å². The van der Waals surface area contributed by atoms with Gasteiger partial charge in [0.1, 0.15) is 5.60 Å². The third kappa shape index (κ3) is 4.17. The molecular weight excluding hydrogens is 409 g/mol. The third-order valence-corrected chi connectivity index (χ3v) is 6.06. The average Bonchev–Trinajstić information content (AvgIpc) is 3.51. The van der Waals surface area contributed by atoms with Crippen LogP contribution in [0.1, 0.15) is 34.3 Å². The predicted octanol–water partition coefficient (Wildman–Crippen LogP) is 3.49. The molecule has 0 spiro atoms. The molecule has 2 amide bonds. The lowest BCUT2D eigenvalue weighted by atomic mass is 9.95. The second-order valence-electron chi connectivity index (χ2n) is 8.17. The number of rotatable bonds is 3. The molecule has 5 nitrogen and oxygen atoms in total. The Labute approximate surface area is 178 Å². The van der Waals surface area contributed by atoms with Crippen molar-refractivity contribution in [3.8, 4) is 11.1 Å². The molecule has 0 atom stereocenters. The Morgan fingerprint density at radius 1 is 0.935 bits per heavy atom. The van der Waals surface area contributed by atoms with Gasteiger partial charge in [-0.05, 0) is 54.7 Å². The minimum atomic E-state index is -4.42. The molecule has 2 fully saturated rings. The number of amides is 2. The Kier molecular flexibility index (Phi) is 5.29. The molecule has 4 rings (SSSR count). The van der Waals surface area contributed by atoms with E-state index in [-0.39, 0.29) is 17.4 Å². The van der Waals surface area contributed by atoms with Crippen LogP contribution in [0, 0.1) is 6.92 Å². The lowest BCUT2D eigenvalue weighted by Crippen LogP contribution is -2.53. The monoisotopic (exact) mass is 432 g/mol. The van der Waals surface area contributed by atoms with Crippen LogP contribution in [0.3, 0.4) is 0 Å². The fraction of sp³-hybridized carbons (Fsp3) is 0.391. The van der Waals surface area contributed by atoms with Crippen molar-refractivity contribution in [2.75, 3.05) is 26.2 Å². The van der Waals surface area contributed by atoms with Crippen LogP contribution in [0.5, 0.6) is 0 Å². The van der Waals surface area contributed by atoms with E-state index >= 15 is 0 Å². The summed E-state index contributed by atoms with van der Waals surface area (Å²) in [6.45, 7) is 2.92. The van der Waals surface area contributed by atoms with Gasteiger partial charge in [0, 0.05) is 31.7 Å². The fourth-order valence-corrected chi connectivity index (χ4v) is 3.97. The van der Waals surface area contributed by atoms with E-state index in [1.165, 1.54) is 13.0 Å². The molecule has 1 aliphatic heterocycles. The van der Waals surface area contributed by atoms with E-state index in [1.807, 2.05) is 0 Å². The highest BCUT2D eigenvalue weighted by molar-refractivity contribution is 5.95. The summed E-state index contributed by atoms with van der Waals surface area (Å²) >= 11 is 0. The minimum absolute atomic E-state index is 0.146. The maximum atomic E-state index is 13.2. The number of benzene rings is 2. The van der Waals surface area contributed by atoms with Crippen LogP contribution in [0.4, 0.5) is 13.2 Å². The Morgan fingerprint density at radius 2 is 1.52 bits per heavy atom. The van der Waals surface area contributed by atoms with Crippen LogP contribution < -0.4 is 0 Å². The van der Waals surface area contributed by atoms with Gasteiger partial charge < -0.3 is 14.9 Å². The maximum absolute atomic E-state index is 13.2. The first-order valence-corrected chi connectivity index (χ1v) is 10.2. The van der Waals surface area contributed by atoms with E-state index in [4.69, 9.17) is 0 Å². The van der Waals surface area contributed by atoms with Crippen LogP contribution in [-0.2, 0) is 11.0 Å². The molecule has 0 radical (unpaired) electrons. The molecule has 1 N–H and O–H groups in total. The quantitative estimate of drug-likeness (QED) is 0.808. The van der Waals surface area contributed by atoms with Crippen molar-refractivity contribution in [2.24, 2.45) is 0 Å². The van der Waals surface area contributed by atoms with Crippen molar-refractivity contribution < 1.29 is 27.9 Å². The molecule has 8 heteroatoms. The van der Waals surface area contributed by atoms with E-state index in [0.29, 0.717) is 55.7 Å². The lowest BCUT2D eigenvalue weighted by Gasteiger charge is -2.35. The van der Waals surface area contributed by atoms with Gasteiger partial charge in [-0.25, -0.2) is 0 Å². The molecule has 1 aliphatic carbocycles. The lowest BCUT2D eigenvalue weighted by molar-refractivity contribution is -0.144. The molecular formula is C23H23F3N2O3. The van der Waals surface area contributed by atoms with Crippen LogP contribution >= 0.6 is 0 Å². The molecule has 2 aromatic rings. The smallest absolute Gasteiger partial charge is 0.380 e. The number of carbonyl (C=O) groups is 2. The molecule has 0 bridgehead atoms. The van der Waals surface area contributed by atoms with E-state index in [1.54, 1.807) is 40.1 Å². The van der Waals surface area contributed by atoms with Crippen LogP contribution in [0.2, 0.25) is 0 Å². The van der Waals surface area contributed by atoms with Crippen LogP contribution in [0.15, 0.2) is 42.5 Å². The number of halogens is 3. The normalized spacial score (nSPS) is 18.1. The second kappa shape index (κ2) is 7.67. The zero-order valence-electron chi connectivity index (χ0n) is 17.1. The van der Waals surface area contributed by atoms with Crippen molar-refractivity contribution in [1.29, 1.82) is 0 Å². The Bertz CT molecular complexity index is 1010. The summed E-state index contributed by atoms with van der Waals surface area (Å²) in [5, 5.41) is 9.97. The molecule has 164 valence electrons. The summed E-state index contributed by atoms with van der Waals surface area (Å²) in [4.78, 5) is 28.3. The number of piperazine rings is 1. The number of aliphatic hydroxyl groups is 1. The van der Waals surface area contributed by atoms with Crippen molar-refractivity contribution in [1.82, 2.24) is 9.80 Å². The first-order valence-electron chi connectivity index (χ1n) is 10.2. The molecule has 1 saturated heterocycles. The van der Waals surface area contributed by atoms with Gasteiger partial charge in [-0.1, -0.05) is 24.3 Å². The van der Waals surface area contributed by atoms with Crippen LogP contribution in [-0.4, -0.2) is 58.5 Å².